The van der Waals surface area contributed by atoms with Gasteiger partial charge in [-0.05, 0) is 68.2 Å². The summed E-state index contributed by atoms with van der Waals surface area (Å²) < 4.78 is 11.6. The zero-order chi connectivity index (χ0) is 21.5. The standard InChI is InChI=1S/C23H31N5O3.HI/c1-24-23(26-16-20(21-5-4-13-31-21)28-11-2-3-12-28)25-10-14-30-18-7-8-19-17(15-18)6-9-22(29)27-19;/h4-5,7-8,13,15,20H,2-3,6,9-12,14,16H2,1H3,(H,27,29)(H2,24,25,26);1H. The van der Waals surface area contributed by atoms with Gasteiger partial charge in [0.1, 0.15) is 18.1 Å². The summed E-state index contributed by atoms with van der Waals surface area (Å²) in [6.45, 7) is 4.06. The van der Waals surface area contributed by atoms with E-state index in [2.05, 4.69) is 25.8 Å². The van der Waals surface area contributed by atoms with Gasteiger partial charge in [0.05, 0.1) is 18.8 Å². The molecule has 0 bridgehead atoms. The molecule has 1 saturated heterocycles. The number of nitrogens with zero attached hydrogens (tertiary/aromatic N) is 2. The van der Waals surface area contributed by atoms with Crippen molar-refractivity contribution in [2.24, 2.45) is 4.99 Å². The van der Waals surface area contributed by atoms with E-state index in [9.17, 15) is 4.79 Å². The summed E-state index contributed by atoms with van der Waals surface area (Å²) in [5, 5.41) is 9.62. The maximum Gasteiger partial charge on any atom is 0.224 e. The molecule has 8 nitrogen and oxygen atoms in total. The molecule has 4 rings (SSSR count). The first kappa shape index (κ1) is 24.4. The largest absolute Gasteiger partial charge is 0.492 e. The number of benzene rings is 1. The summed E-state index contributed by atoms with van der Waals surface area (Å²) in [6.07, 6.45) is 5.47. The number of anilines is 1. The van der Waals surface area contributed by atoms with E-state index in [4.69, 9.17) is 9.15 Å². The quantitative estimate of drug-likeness (QED) is 0.202. The van der Waals surface area contributed by atoms with Crippen LogP contribution >= 0.6 is 24.0 Å². The lowest BCUT2D eigenvalue weighted by atomic mass is 10.0. The minimum atomic E-state index is 0. The van der Waals surface area contributed by atoms with E-state index in [1.165, 1.54) is 12.8 Å². The number of furan rings is 1. The van der Waals surface area contributed by atoms with E-state index in [0.29, 0.717) is 19.6 Å². The number of aryl methyl sites for hydroxylation is 1. The Morgan fingerprint density at radius 3 is 2.84 bits per heavy atom. The van der Waals surface area contributed by atoms with Crippen molar-refractivity contribution in [3.05, 3.63) is 47.9 Å². The summed E-state index contributed by atoms with van der Waals surface area (Å²) in [5.74, 6) is 2.61. The SMILES string of the molecule is CN=C(NCCOc1ccc2c(c1)CCC(=O)N2)NCC(c1ccco1)N1CCCC1.I. The Morgan fingerprint density at radius 2 is 2.09 bits per heavy atom. The van der Waals surface area contributed by atoms with Gasteiger partial charge in [-0.25, -0.2) is 0 Å². The highest BCUT2D eigenvalue weighted by Gasteiger charge is 2.25. The Labute approximate surface area is 206 Å². The van der Waals surface area contributed by atoms with Crippen LogP contribution in [0.15, 0.2) is 46.0 Å². The third-order valence-corrected chi connectivity index (χ3v) is 5.77. The van der Waals surface area contributed by atoms with Crippen LogP contribution in [0, 0.1) is 0 Å². The first-order valence-electron chi connectivity index (χ1n) is 11.0. The summed E-state index contributed by atoms with van der Waals surface area (Å²) >= 11 is 0. The molecule has 32 heavy (non-hydrogen) atoms. The van der Waals surface area contributed by atoms with Gasteiger partial charge in [-0.3, -0.25) is 14.7 Å². The molecule has 2 aliphatic heterocycles. The number of nitrogens with one attached hydrogen (secondary N) is 3. The molecule has 2 aliphatic rings. The Kier molecular flexibility index (Phi) is 9.22. The number of likely N-dealkylation sites (tertiary alicyclic amines) is 1. The number of ether oxygens (including phenoxy) is 1. The maximum absolute atomic E-state index is 11.5. The Hall–Kier alpha value is -2.27. The maximum atomic E-state index is 11.5. The van der Waals surface area contributed by atoms with Gasteiger partial charge >= 0.3 is 0 Å². The number of hydrogen-bond donors (Lipinski definition) is 3. The van der Waals surface area contributed by atoms with Crippen molar-refractivity contribution in [1.82, 2.24) is 15.5 Å². The number of hydrogen-bond acceptors (Lipinski definition) is 5. The molecular formula is C23H32IN5O3. The van der Waals surface area contributed by atoms with Crippen LogP contribution < -0.4 is 20.7 Å². The lowest BCUT2D eigenvalue weighted by Gasteiger charge is -2.26. The van der Waals surface area contributed by atoms with Crippen LogP contribution in [-0.2, 0) is 11.2 Å². The molecule has 1 unspecified atom stereocenters. The molecule has 0 radical (unpaired) electrons. The van der Waals surface area contributed by atoms with E-state index in [-0.39, 0.29) is 35.9 Å². The third-order valence-electron chi connectivity index (χ3n) is 5.77. The van der Waals surface area contributed by atoms with E-state index in [1.54, 1.807) is 13.3 Å². The molecule has 0 saturated carbocycles. The summed E-state index contributed by atoms with van der Waals surface area (Å²) in [4.78, 5) is 18.3. The number of carbonyl (C=O) groups is 1. The molecule has 1 amide bonds. The Morgan fingerprint density at radius 1 is 1.25 bits per heavy atom. The Bertz CT molecular complexity index is 897. The van der Waals surface area contributed by atoms with Crippen LogP contribution in [0.1, 0.15) is 36.6 Å². The van der Waals surface area contributed by atoms with Gasteiger partial charge in [-0.1, -0.05) is 0 Å². The van der Waals surface area contributed by atoms with Crippen LogP contribution in [0.4, 0.5) is 5.69 Å². The number of carbonyl (C=O) groups excluding carboxylic acids is 1. The van der Waals surface area contributed by atoms with E-state index < -0.39 is 0 Å². The molecule has 0 spiro atoms. The fraction of sp³-hybridized carbons (Fsp3) is 0.478. The average Bonchev–Trinajstić information content (AvgIpc) is 3.50. The monoisotopic (exact) mass is 553 g/mol. The van der Waals surface area contributed by atoms with Gasteiger partial charge in [0, 0.05) is 25.7 Å². The van der Waals surface area contributed by atoms with Gasteiger partial charge in [-0.15, -0.1) is 24.0 Å². The van der Waals surface area contributed by atoms with E-state index in [1.807, 2.05) is 30.3 Å². The minimum absolute atomic E-state index is 0. The van der Waals surface area contributed by atoms with Crippen molar-refractivity contribution in [2.75, 3.05) is 45.2 Å². The average molecular weight is 553 g/mol. The van der Waals surface area contributed by atoms with Crippen molar-refractivity contribution in [3.63, 3.8) is 0 Å². The predicted octanol–water partition coefficient (Wildman–Crippen LogP) is 3.16. The van der Waals surface area contributed by atoms with E-state index in [0.717, 1.165) is 54.8 Å². The number of halogens is 1. The predicted molar refractivity (Wildman–Crippen MR) is 136 cm³/mol. The molecule has 9 heteroatoms. The van der Waals surface area contributed by atoms with Crippen LogP contribution in [0.3, 0.4) is 0 Å². The molecule has 3 heterocycles. The molecule has 2 aromatic rings. The van der Waals surface area contributed by atoms with Gasteiger partial charge in [-0.2, -0.15) is 0 Å². The van der Waals surface area contributed by atoms with Gasteiger partial charge in [0.15, 0.2) is 5.96 Å². The zero-order valence-electron chi connectivity index (χ0n) is 18.4. The second-order valence-corrected chi connectivity index (χ2v) is 7.87. The summed E-state index contributed by atoms with van der Waals surface area (Å²) in [7, 11) is 1.77. The second-order valence-electron chi connectivity index (χ2n) is 7.87. The molecule has 174 valence electrons. The Balaban J connectivity index is 0.00000289. The van der Waals surface area contributed by atoms with Gasteiger partial charge in [0.25, 0.3) is 0 Å². The first-order valence-corrected chi connectivity index (χ1v) is 11.0. The molecule has 0 aliphatic carbocycles. The van der Waals surface area contributed by atoms with Crippen molar-refractivity contribution >= 4 is 41.5 Å². The fourth-order valence-electron chi connectivity index (χ4n) is 4.15. The zero-order valence-corrected chi connectivity index (χ0v) is 20.8. The lowest BCUT2D eigenvalue weighted by Crippen LogP contribution is -2.43. The number of rotatable bonds is 8. The molecule has 1 aromatic heterocycles. The minimum Gasteiger partial charge on any atom is -0.492 e. The summed E-state index contributed by atoms with van der Waals surface area (Å²) in [6, 6.07) is 9.98. The van der Waals surface area contributed by atoms with Crippen molar-refractivity contribution in [2.45, 2.75) is 31.7 Å². The number of amides is 1. The van der Waals surface area contributed by atoms with E-state index >= 15 is 0 Å². The van der Waals surface area contributed by atoms with Crippen LogP contribution in [-0.4, -0.2) is 56.6 Å². The van der Waals surface area contributed by atoms with Crippen molar-refractivity contribution < 1.29 is 13.9 Å². The van der Waals surface area contributed by atoms with Gasteiger partial charge in [0.2, 0.25) is 5.91 Å². The van der Waals surface area contributed by atoms with Crippen LogP contribution in [0.5, 0.6) is 5.75 Å². The highest BCUT2D eigenvalue weighted by Crippen LogP contribution is 2.27. The molecule has 1 atom stereocenters. The molecule has 3 N–H and O–H groups in total. The van der Waals surface area contributed by atoms with Gasteiger partial charge < -0.3 is 25.1 Å². The van der Waals surface area contributed by atoms with Crippen molar-refractivity contribution in [1.29, 1.82) is 0 Å². The first-order chi connectivity index (χ1) is 15.2. The normalized spacial score (nSPS) is 17.2. The smallest absolute Gasteiger partial charge is 0.224 e. The van der Waals surface area contributed by atoms with Crippen LogP contribution in [0.25, 0.3) is 0 Å². The lowest BCUT2D eigenvalue weighted by molar-refractivity contribution is -0.116. The second kappa shape index (κ2) is 12.1. The number of aliphatic imine (C=N–C) groups is 1. The van der Waals surface area contributed by atoms with Crippen LogP contribution in [0.2, 0.25) is 0 Å². The molecular weight excluding hydrogens is 521 g/mol. The fourth-order valence-corrected chi connectivity index (χ4v) is 4.15. The number of guanidine groups is 1. The summed E-state index contributed by atoms with van der Waals surface area (Å²) in [5.41, 5.74) is 2.00. The highest BCUT2D eigenvalue weighted by molar-refractivity contribution is 14.0. The molecule has 1 fully saturated rings. The number of fused-ring (bicyclic) bond motifs is 1. The topological polar surface area (TPSA) is 91.1 Å². The third kappa shape index (κ3) is 6.38. The molecule has 1 aromatic carbocycles. The highest BCUT2D eigenvalue weighted by atomic mass is 127. The van der Waals surface area contributed by atoms with Crippen molar-refractivity contribution in [3.8, 4) is 5.75 Å².